The highest BCUT2D eigenvalue weighted by Crippen LogP contribution is 2.42. The lowest BCUT2D eigenvalue weighted by molar-refractivity contribution is -0.150. The highest BCUT2D eigenvalue weighted by molar-refractivity contribution is 6.31. The molecule has 2 aromatic rings. The largest absolute Gasteiger partial charge is 0.486 e. The van der Waals surface area contributed by atoms with E-state index in [0.717, 1.165) is 12.8 Å². The summed E-state index contributed by atoms with van der Waals surface area (Å²) < 4.78 is 16.2. The van der Waals surface area contributed by atoms with Crippen LogP contribution in [0.15, 0.2) is 42.5 Å². The van der Waals surface area contributed by atoms with Crippen LogP contribution in [0.5, 0.6) is 11.5 Å². The topological polar surface area (TPSA) is 82.1 Å². The first kappa shape index (κ1) is 22.1. The zero-order valence-electron chi connectivity index (χ0n) is 17.8. The lowest BCUT2D eigenvalue weighted by Gasteiger charge is -2.43. The number of halogens is 1. The van der Waals surface area contributed by atoms with E-state index in [2.05, 4.69) is 0 Å². The van der Waals surface area contributed by atoms with Gasteiger partial charge < -0.3 is 19.1 Å². The molecule has 1 amide bonds. The molecule has 1 saturated carbocycles. The van der Waals surface area contributed by atoms with Gasteiger partial charge in [-0.1, -0.05) is 29.8 Å². The van der Waals surface area contributed by atoms with Crippen molar-refractivity contribution in [1.29, 1.82) is 0 Å². The summed E-state index contributed by atoms with van der Waals surface area (Å²) in [6.45, 7) is 0.347. The molecule has 1 atom stereocenters. The molecule has 1 heterocycles. The van der Waals surface area contributed by atoms with Crippen LogP contribution in [-0.4, -0.2) is 49.4 Å². The van der Waals surface area contributed by atoms with Crippen molar-refractivity contribution >= 4 is 29.3 Å². The van der Waals surface area contributed by atoms with Crippen molar-refractivity contribution in [2.45, 2.75) is 31.2 Å². The summed E-state index contributed by atoms with van der Waals surface area (Å²) in [5.41, 5.74) is -0.323. The molecule has 168 valence electrons. The quantitative estimate of drug-likeness (QED) is 0.636. The Balaban J connectivity index is 1.51. The zero-order valence-corrected chi connectivity index (χ0v) is 18.5. The van der Waals surface area contributed by atoms with Crippen molar-refractivity contribution in [3.63, 3.8) is 0 Å². The van der Waals surface area contributed by atoms with E-state index in [1.54, 1.807) is 43.4 Å². The van der Waals surface area contributed by atoms with Crippen molar-refractivity contribution in [3.05, 3.63) is 58.6 Å². The average molecular weight is 458 g/mol. The number of Topliss-reactive ketones (excluding diaryl/α,β-unsaturated/α-hetero) is 1. The van der Waals surface area contributed by atoms with E-state index in [-0.39, 0.29) is 11.3 Å². The van der Waals surface area contributed by atoms with Crippen LogP contribution in [-0.2, 0) is 19.9 Å². The van der Waals surface area contributed by atoms with Crippen molar-refractivity contribution in [2.75, 3.05) is 26.9 Å². The number of ketones is 1. The standard InChI is InChI=1S/C24H24ClNO6/c1-26(24(11-5-4-8-21(24)27)17-6-2-3-7-18(17)25)22(28)15-32-23(29)16-9-10-19-20(14-16)31-13-12-30-19/h2-3,6-7,9-10,14H,4-5,8,11-13,15H2,1H3. The Morgan fingerprint density at radius 3 is 2.59 bits per heavy atom. The number of fused-ring (bicyclic) bond motifs is 1. The van der Waals surface area contributed by atoms with Gasteiger partial charge in [-0.2, -0.15) is 0 Å². The third-order valence-corrected chi connectivity index (χ3v) is 6.35. The van der Waals surface area contributed by atoms with Crippen molar-refractivity contribution in [3.8, 4) is 11.5 Å². The van der Waals surface area contributed by atoms with Crippen LogP contribution in [0.4, 0.5) is 0 Å². The summed E-state index contributed by atoms with van der Waals surface area (Å²) in [5, 5.41) is 0.427. The number of ether oxygens (including phenoxy) is 3. The smallest absolute Gasteiger partial charge is 0.338 e. The van der Waals surface area contributed by atoms with Gasteiger partial charge in [0.25, 0.3) is 5.91 Å². The molecule has 1 fully saturated rings. The molecule has 0 bridgehead atoms. The summed E-state index contributed by atoms with van der Waals surface area (Å²) in [7, 11) is 1.56. The second-order valence-electron chi connectivity index (χ2n) is 7.86. The van der Waals surface area contributed by atoms with Gasteiger partial charge in [0.2, 0.25) is 0 Å². The fourth-order valence-electron chi connectivity index (χ4n) is 4.32. The molecule has 7 nitrogen and oxygen atoms in total. The van der Waals surface area contributed by atoms with Gasteiger partial charge in [-0.25, -0.2) is 4.79 Å². The van der Waals surface area contributed by atoms with Crippen LogP contribution >= 0.6 is 11.6 Å². The second-order valence-corrected chi connectivity index (χ2v) is 8.26. The fraction of sp³-hybridized carbons (Fsp3) is 0.375. The SMILES string of the molecule is CN(C(=O)COC(=O)c1ccc2c(c1)OCCO2)C1(c2ccccc2Cl)CCCCC1=O. The van der Waals surface area contributed by atoms with E-state index >= 15 is 0 Å². The molecular weight excluding hydrogens is 434 g/mol. The van der Waals surface area contributed by atoms with E-state index in [9.17, 15) is 14.4 Å². The molecule has 0 spiro atoms. The average Bonchev–Trinajstić information content (AvgIpc) is 2.82. The number of likely N-dealkylation sites (N-methyl/N-ethyl adjacent to an activating group) is 1. The Labute approximate surface area is 191 Å². The number of esters is 1. The first-order valence-corrected chi connectivity index (χ1v) is 10.9. The van der Waals surface area contributed by atoms with E-state index < -0.39 is 24.0 Å². The van der Waals surface area contributed by atoms with Gasteiger partial charge in [-0.15, -0.1) is 0 Å². The Kier molecular flexibility index (Phi) is 6.37. The summed E-state index contributed by atoms with van der Waals surface area (Å²) >= 11 is 6.43. The van der Waals surface area contributed by atoms with E-state index in [4.69, 9.17) is 25.8 Å². The van der Waals surface area contributed by atoms with Gasteiger partial charge in [0.05, 0.1) is 5.56 Å². The van der Waals surface area contributed by atoms with Crippen molar-refractivity contribution in [2.24, 2.45) is 0 Å². The molecule has 0 aromatic heterocycles. The van der Waals surface area contributed by atoms with E-state index in [1.807, 2.05) is 0 Å². The predicted molar refractivity (Wildman–Crippen MR) is 117 cm³/mol. The van der Waals surface area contributed by atoms with Gasteiger partial charge in [0.1, 0.15) is 18.8 Å². The summed E-state index contributed by atoms with van der Waals surface area (Å²) in [4.78, 5) is 40.1. The molecule has 1 unspecified atom stereocenters. The predicted octanol–water partition coefficient (Wildman–Crippen LogP) is 3.77. The Bertz CT molecular complexity index is 1050. The lowest BCUT2D eigenvalue weighted by Crippen LogP contribution is -2.55. The van der Waals surface area contributed by atoms with E-state index in [0.29, 0.717) is 48.1 Å². The molecule has 4 rings (SSSR count). The number of hydrogen-bond acceptors (Lipinski definition) is 6. The molecular formula is C24H24ClNO6. The number of benzene rings is 2. The van der Waals surface area contributed by atoms with Crippen LogP contribution in [0.1, 0.15) is 41.6 Å². The monoisotopic (exact) mass is 457 g/mol. The third-order valence-electron chi connectivity index (χ3n) is 6.02. The van der Waals surface area contributed by atoms with Gasteiger partial charge >= 0.3 is 5.97 Å². The second kappa shape index (κ2) is 9.20. The molecule has 32 heavy (non-hydrogen) atoms. The first-order valence-electron chi connectivity index (χ1n) is 10.6. The summed E-state index contributed by atoms with van der Waals surface area (Å²) in [6.07, 6.45) is 2.38. The molecule has 8 heteroatoms. The maximum atomic E-state index is 13.1. The van der Waals surface area contributed by atoms with Crippen molar-refractivity contribution in [1.82, 2.24) is 4.90 Å². The lowest BCUT2D eigenvalue weighted by atomic mass is 9.74. The normalized spacial score (nSPS) is 19.9. The van der Waals surface area contributed by atoms with Crippen LogP contribution in [0.3, 0.4) is 0 Å². The molecule has 2 aliphatic rings. The van der Waals surface area contributed by atoms with Gasteiger partial charge in [0, 0.05) is 24.1 Å². The molecule has 2 aromatic carbocycles. The minimum Gasteiger partial charge on any atom is -0.486 e. The molecule has 0 N–H and O–H groups in total. The number of carbonyl (C=O) groups is 3. The van der Waals surface area contributed by atoms with Crippen LogP contribution in [0.2, 0.25) is 5.02 Å². The number of rotatable bonds is 5. The number of nitrogens with zero attached hydrogens (tertiary/aromatic N) is 1. The molecule has 1 aliphatic heterocycles. The van der Waals surface area contributed by atoms with Crippen molar-refractivity contribution < 1.29 is 28.6 Å². The number of hydrogen-bond donors (Lipinski definition) is 0. The highest BCUT2D eigenvalue weighted by atomic mass is 35.5. The molecule has 1 aliphatic carbocycles. The summed E-state index contributed by atoms with van der Waals surface area (Å²) in [6, 6.07) is 11.8. The zero-order chi connectivity index (χ0) is 22.7. The third kappa shape index (κ3) is 4.05. The van der Waals surface area contributed by atoms with Gasteiger partial charge in [-0.3, -0.25) is 9.59 Å². The number of amides is 1. The minimum atomic E-state index is -1.17. The maximum Gasteiger partial charge on any atom is 0.338 e. The summed E-state index contributed by atoms with van der Waals surface area (Å²) in [5.74, 6) is -0.192. The van der Waals surface area contributed by atoms with Crippen LogP contribution in [0, 0.1) is 0 Å². The van der Waals surface area contributed by atoms with Gasteiger partial charge in [0.15, 0.2) is 23.9 Å². The van der Waals surface area contributed by atoms with Crippen LogP contribution < -0.4 is 9.47 Å². The molecule has 0 radical (unpaired) electrons. The Morgan fingerprint density at radius 1 is 1.09 bits per heavy atom. The first-order chi connectivity index (χ1) is 15.4. The van der Waals surface area contributed by atoms with E-state index in [1.165, 1.54) is 11.0 Å². The fourth-order valence-corrected chi connectivity index (χ4v) is 4.61. The van der Waals surface area contributed by atoms with Gasteiger partial charge in [-0.05, 0) is 43.5 Å². The Morgan fingerprint density at radius 2 is 1.84 bits per heavy atom. The maximum absolute atomic E-state index is 13.1. The molecule has 0 saturated heterocycles. The number of carbonyl (C=O) groups excluding carboxylic acids is 3. The minimum absolute atomic E-state index is 0.0640. The highest BCUT2D eigenvalue weighted by Gasteiger charge is 2.48. The Hall–Kier alpha value is -3.06. The van der Waals surface area contributed by atoms with Crippen LogP contribution in [0.25, 0.3) is 0 Å².